The largest absolute Gasteiger partial charge is 0.481 e. The molecule has 0 radical (unpaired) electrons. The zero-order valence-electron chi connectivity index (χ0n) is 23.4. The van der Waals surface area contributed by atoms with Crippen molar-refractivity contribution in [1.82, 2.24) is 19.6 Å². The summed E-state index contributed by atoms with van der Waals surface area (Å²) in [6.07, 6.45) is 3.11. The number of carbonyl (C=O) groups excluding carboxylic acids is 3. The summed E-state index contributed by atoms with van der Waals surface area (Å²) in [5, 5.41) is 10.4. The maximum absolute atomic E-state index is 13.5. The van der Waals surface area contributed by atoms with Crippen molar-refractivity contribution in [2.45, 2.75) is 51.0 Å². The molecule has 2 saturated heterocycles. The van der Waals surface area contributed by atoms with Gasteiger partial charge in [-0.2, -0.15) is 0 Å². The van der Waals surface area contributed by atoms with Crippen molar-refractivity contribution in [3.05, 3.63) is 23.8 Å². The number of carbonyl (C=O) groups is 4. The van der Waals surface area contributed by atoms with Gasteiger partial charge in [0.05, 0.1) is 12.5 Å². The van der Waals surface area contributed by atoms with Gasteiger partial charge in [0.15, 0.2) is 11.5 Å². The fraction of sp³-hybridized carbons (Fsp3) is 0.643. The summed E-state index contributed by atoms with van der Waals surface area (Å²) in [7, 11) is 1.46. The first-order chi connectivity index (χ1) is 19.2. The Kier molecular flexibility index (Phi) is 9.85. The lowest BCUT2D eigenvalue weighted by Gasteiger charge is -2.34. The predicted octanol–water partition coefficient (Wildman–Crippen LogP) is 1.54. The molecule has 0 aliphatic carbocycles. The molecule has 3 aliphatic rings. The number of aliphatic carboxylic acids is 1. The first kappa shape index (κ1) is 29.6. The highest BCUT2D eigenvalue weighted by Gasteiger charge is 2.47. The number of rotatable bonds is 13. The Hall–Kier alpha value is -3.38. The molecule has 1 aromatic carbocycles. The van der Waals surface area contributed by atoms with Gasteiger partial charge in [0.25, 0.3) is 0 Å². The number of fused-ring (bicyclic) bond motifs is 1. The topological polar surface area (TPSA) is 146 Å². The number of carboxylic acid groups (broad SMARTS) is 1. The summed E-state index contributed by atoms with van der Waals surface area (Å²) in [6, 6.07) is 4.60. The Balaban J connectivity index is 1.58. The van der Waals surface area contributed by atoms with Gasteiger partial charge in [-0.15, -0.1) is 0 Å². The van der Waals surface area contributed by atoms with E-state index in [9.17, 15) is 24.3 Å². The molecule has 0 unspecified atom stereocenters. The molecule has 2 fully saturated rings. The van der Waals surface area contributed by atoms with Crippen LogP contribution >= 0.6 is 0 Å². The molecule has 40 heavy (non-hydrogen) atoms. The molecule has 0 spiro atoms. The van der Waals surface area contributed by atoms with Crippen LogP contribution in [0.4, 0.5) is 4.79 Å². The van der Waals surface area contributed by atoms with Gasteiger partial charge in [-0.05, 0) is 43.5 Å². The number of urea groups is 1. The van der Waals surface area contributed by atoms with Gasteiger partial charge in [0.2, 0.25) is 18.6 Å². The number of imide groups is 1. The summed E-state index contributed by atoms with van der Waals surface area (Å²) in [4.78, 5) is 57.4. The highest BCUT2D eigenvalue weighted by Crippen LogP contribution is 2.42. The third kappa shape index (κ3) is 6.49. The molecule has 4 amide bonds. The average molecular weight is 560 g/mol. The number of nitrogens with zero attached hydrogens (tertiary/aromatic N) is 4. The van der Waals surface area contributed by atoms with E-state index in [1.165, 1.54) is 7.05 Å². The number of amides is 4. The second-order valence-electron chi connectivity index (χ2n) is 10.7. The minimum atomic E-state index is -0.953. The molecule has 3 heterocycles. The van der Waals surface area contributed by atoms with Crippen LogP contribution in [0.5, 0.6) is 11.5 Å². The van der Waals surface area contributed by atoms with Crippen molar-refractivity contribution in [3.63, 3.8) is 0 Å². The van der Waals surface area contributed by atoms with Crippen LogP contribution in [-0.2, 0) is 14.4 Å². The molecular formula is C28H41N5O7. The van der Waals surface area contributed by atoms with Crippen LogP contribution in [0.1, 0.15) is 50.5 Å². The second-order valence-corrected chi connectivity index (χ2v) is 10.7. The van der Waals surface area contributed by atoms with Gasteiger partial charge in [-0.3, -0.25) is 24.2 Å². The van der Waals surface area contributed by atoms with Crippen molar-refractivity contribution in [3.8, 4) is 11.5 Å². The molecule has 0 saturated carbocycles. The minimum Gasteiger partial charge on any atom is -0.481 e. The van der Waals surface area contributed by atoms with Gasteiger partial charge in [-0.1, -0.05) is 19.4 Å². The van der Waals surface area contributed by atoms with Crippen LogP contribution in [-0.4, -0.2) is 114 Å². The number of nitrogens with two attached hydrogens (primary N) is 1. The Morgan fingerprint density at radius 3 is 2.62 bits per heavy atom. The number of ether oxygens (including phenoxy) is 2. The quantitative estimate of drug-likeness (QED) is 0.367. The van der Waals surface area contributed by atoms with Gasteiger partial charge in [0, 0.05) is 58.2 Å². The maximum Gasteiger partial charge on any atom is 0.326 e. The van der Waals surface area contributed by atoms with Crippen LogP contribution in [0.25, 0.3) is 0 Å². The van der Waals surface area contributed by atoms with Crippen molar-refractivity contribution in [1.29, 1.82) is 0 Å². The van der Waals surface area contributed by atoms with E-state index in [4.69, 9.17) is 15.2 Å². The third-order valence-corrected chi connectivity index (χ3v) is 8.18. The van der Waals surface area contributed by atoms with Crippen LogP contribution in [0, 0.1) is 5.92 Å². The predicted molar refractivity (Wildman–Crippen MR) is 146 cm³/mol. The standard InChI is InChI=1S/C28H41N5O7/c1-3-4-11-31(12-5-10-29)25(35)17-33-16-20(19-6-7-22-23(15-19)40-18-39-22)26(27(36)37)21(33)8-13-32-14-9-24(34)30(2)28(32)38/h6-7,15,20-21,26H,3-5,8-14,16-18,29H2,1-2H3,(H,36,37)/t20-,21+,26-/m1/s1. The van der Waals surface area contributed by atoms with E-state index in [0.717, 1.165) is 23.3 Å². The summed E-state index contributed by atoms with van der Waals surface area (Å²) >= 11 is 0. The van der Waals surface area contributed by atoms with E-state index < -0.39 is 17.9 Å². The molecule has 4 rings (SSSR count). The molecule has 1 aromatic rings. The van der Waals surface area contributed by atoms with E-state index in [1.807, 2.05) is 21.9 Å². The molecule has 12 nitrogen and oxygen atoms in total. The first-order valence-electron chi connectivity index (χ1n) is 14.1. The van der Waals surface area contributed by atoms with E-state index >= 15 is 0 Å². The molecule has 3 N–H and O–H groups in total. The molecule has 3 aliphatic heterocycles. The zero-order chi connectivity index (χ0) is 28.8. The Morgan fingerprint density at radius 2 is 1.90 bits per heavy atom. The smallest absolute Gasteiger partial charge is 0.326 e. The van der Waals surface area contributed by atoms with E-state index in [2.05, 4.69) is 6.92 Å². The molecule has 12 heteroatoms. The van der Waals surface area contributed by atoms with E-state index in [1.54, 1.807) is 11.0 Å². The van der Waals surface area contributed by atoms with Crippen molar-refractivity contribution >= 4 is 23.8 Å². The van der Waals surface area contributed by atoms with Crippen LogP contribution in [0.15, 0.2) is 18.2 Å². The van der Waals surface area contributed by atoms with E-state index in [0.29, 0.717) is 57.1 Å². The summed E-state index contributed by atoms with van der Waals surface area (Å²) in [5.74, 6) is -1.24. The van der Waals surface area contributed by atoms with Gasteiger partial charge in [0.1, 0.15) is 0 Å². The average Bonchev–Trinajstić information content (AvgIpc) is 3.55. The van der Waals surface area contributed by atoms with E-state index in [-0.39, 0.29) is 50.1 Å². The normalized spacial score (nSPS) is 22.7. The fourth-order valence-electron chi connectivity index (χ4n) is 5.91. The van der Waals surface area contributed by atoms with Gasteiger partial charge < -0.3 is 30.1 Å². The number of benzene rings is 1. The second kappa shape index (κ2) is 13.3. The molecule has 0 aromatic heterocycles. The lowest BCUT2D eigenvalue weighted by Crippen LogP contribution is -2.52. The van der Waals surface area contributed by atoms with Crippen molar-refractivity contribution in [2.75, 3.05) is 59.7 Å². The molecular weight excluding hydrogens is 518 g/mol. The van der Waals surface area contributed by atoms with Gasteiger partial charge in [-0.25, -0.2) is 4.79 Å². The molecule has 0 bridgehead atoms. The third-order valence-electron chi connectivity index (χ3n) is 8.18. The molecule has 220 valence electrons. The van der Waals surface area contributed by atoms with Gasteiger partial charge >= 0.3 is 12.0 Å². The molecule has 3 atom stereocenters. The zero-order valence-corrected chi connectivity index (χ0v) is 23.4. The monoisotopic (exact) mass is 559 g/mol. The SMILES string of the molecule is CCCCN(CCCN)C(=O)CN1C[C@H](c2ccc3c(c2)OCO3)[C@@H](C(=O)O)[C@@H]1CCN1CCC(=O)N(C)C1=O. The van der Waals surface area contributed by atoms with Crippen molar-refractivity contribution in [2.24, 2.45) is 11.7 Å². The number of likely N-dealkylation sites (tertiary alicyclic amines) is 1. The Bertz CT molecular complexity index is 1090. The van der Waals surface area contributed by atoms with Crippen LogP contribution in [0.2, 0.25) is 0 Å². The number of hydrogen-bond acceptors (Lipinski definition) is 8. The highest BCUT2D eigenvalue weighted by atomic mass is 16.7. The maximum atomic E-state index is 13.5. The van der Waals surface area contributed by atoms with Crippen LogP contribution in [0.3, 0.4) is 0 Å². The van der Waals surface area contributed by atoms with Crippen LogP contribution < -0.4 is 15.2 Å². The lowest BCUT2D eigenvalue weighted by molar-refractivity contribution is -0.144. The summed E-state index contributed by atoms with van der Waals surface area (Å²) < 4.78 is 11.0. The number of carboxylic acids is 1. The Morgan fingerprint density at radius 1 is 1.15 bits per heavy atom. The van der Waals surface area contributed by atoms with Crippen molar-refractivity contribution < 1.29 is 33.8 Å². The number of hydrogen-bond donors (Lipinski definition) is 2. The fourth-order valence-corrected chi connectivity index (χ4v) is 5.91. The minimum absolute atomic E-state index is 0.0539. The Labute approximate surface area is 234 Å². The highest BCUT2D eigenvalue weighted by molar-refractivity contribution is 5.96. The first-order valence-corrected chi connectivity index (χ1v) is 14.1. The number of unbranched alkanes of at least 4 members (excludes halogenated alkanes) is 1. The lowest BCUT2D eigenvalue weighted by atomic mass is 9.84. The summed E-state index contributed by atoms with van der Waals surface area (Å²) in [6.45, 7) is 4.89. The summed E-state index contributed by atoms with van der Waals surface area (Å²) in [5.41, 5.74) is 6.52.